The molecule has 0 aliphatic heterocycles. The van der Waals surface area contributed by atoms with Gasteiger partial charge in [-0.2, -0.15) is 0 Å². The Bertz CT molecular complexity index is 305. The van der Waals surface area contributed by atoms with Crippen molar-refractivity contribution in [1.82, 2.24) is 10.2 Å². The normalized spacial score (nSPS) is 13.6. The highest BCUT2D eigenvalue weighted by atomic mass is 16.4. The number of hydrogen-bond acceptors (Lipinski definition) is 4. The number of primary amides is 1. The maximum absolute atomic E-state index is 11.6. The van der Waals surface area contributed by atoms with Gasteiger partial charge in [0, 0.05) is 6.54 Å². The van der Waals surface area contributed by atoms with E-state index in [-0.39, 0.29) is 13.1 Å². The SMILES string of the molecule is CCN(CC(N)=O)C(=O)N[C@H](C(=O)O)[C@@H](C)O. The Morgan fingerprint density at radius 1 is 1.41 bits per heavy atom. The highest BCUT2D eigenvalue weighted by Gasteiger charge is 2.27. The lowest BCUT2D eigenvalue weighted by molar-refractivity contribution is -0.141. The number of carbonyl (C=O) groups is 3. The van der Waals surface area contributed by atoms with Crippen molar-refractivity contribution in [3.05, 3.63) is 0 Å². The van der Waals surface area contributed by atoms with Crippen LogP contribution in [0.25, 0.3) is 0 Å². The van der Waals surface area contributed by atoms with Gasteiger partial charge >= 0.3 is 12.0 Å². The van der Waals surface area contributed by atoms with E-state index in [4.69, 9.17) is 15.9 Å². The van der Waals surface area contributed by atoms with E-state index in [1.165, 1.54) is 6.92 Å². The van der Waals surface area contributed by atoms with E-state index < -0.39 is 30.1 Å². The first-order chi connectivity index (χ1) is 7.79. The Morgan fingerprint density at radius 3 is 2.24 bits per heavy atom. The van der Waals surface area contributed by atoms with Crippen molar-refractivity contribution in [3.8, 4) is 0 Å². The van der Waals surface area contributed by atoms with Gasteiger partial charge in [0.25, 0.3) is 0 Å². The van der Waals surface area contributed by atoms with Gasteiger partial charge in [0.2, 0.25) is 5.91 Å². The summed E-state index contributed by atoms with van der Waals surface area (Å²) in [5.74, 6) is -2.06. The summed E-state index contributed by atoms with van der Waals surface area (Å²) in [6, 6.07) is -2.19. The van der Waals surface area contributed by atoms with Gasteiger partial charge in [-0.1, -0.05) is 0 Å². The molecule has 0 bridgehead atoms. The summed E-state index contributed by atoms with van der Waals surface area (Å²) in [6.45, 7) is 2.74. The van der Waals surface area contributed by atoms with Crippen molar-refractivity contribution < 1.29 is 24.6 Å². The molecule has 0 unspecified atom stereocenters. The number of aliphatic carboxylic acids is 1. The third-order valence-corrected chi connectivity index (χ3v) is 2.04. The largest absolute Gasteiger partial charge is 0.480 e. The predicted octanol–water partition coefficient (Wildman–Crippen LogP) is -1.66. The van der Waals surface area contributed by atoms with Gasteiger partial charge in [-0.15, -0.1) is 0 Å². The molecule has 3 amide bonds. The third kappa shape index (κ3) is 5.16. The Hall–Kier alpha value is -1.83. The number of aliphatic hydroxyl groups is 1. The summed E-state index contributed by atoms with van der Waals surface area (Å²) in [5.41, 5.74) is 4.93. The van der Waals surface area contributed by atoms with Gasteiger partial charge in [0.05, 0.1) is 6.10 Å². The van der Waals surface area contributed by atoms with Crippen molar-refractivity contribution in [1.29, 1.82) is 0 Å². The number of carboxylic acid groups (broad SMARTS) is 1. The Kier molecular flexibility index (Phi) is 5.97. The van der Waals surface area contributed by atoms with Gasteiger partial charge in [0.1, 0.15) is 6.54 Å². The molecule has 0 spiro atoms. The zero-order valence-corrected chi connectivity index (χ0v) is 9.71. The van der Waals surface area contributed by atoms with Crippen molar-refractivity contribution in [2.45, 2.75) is 26.0 Å². The molecule has 0 radical (unpaired) electrons. The van der Waals surface area contributed by atoms with Crippen molar-refractivity contribution in [3.63, 3.8) is 0 Å². The van der Waals surface area contributed by atoms with Crippen LogP contribution in [0.1, 0.15) is 13.8 Å². The number of hydrogen-bond donors (Lipinski definition) is 4. The number of nitrogens with two attached hydrogens (primary N) is 1. The molecule has 0 aliphatic rings. The van der Waals surface area contributed by atoms with Crippen LogP contribution in [-0.2, 0) is 9.59 Å². The predicted molar refractivity (Wildman–Crippen MR) is 58.1 cm³/mol. The third-order valence-electron chi connectivity index (χ3n) is 2.04. The highest BCUT2D eigenvalue weighted by Crippen LogP contribution is 1.96. The van der Waals surface area contributed by atoms with Crippen molar-refractivity contribution in [2.75, 3.05) is 13.1 Å². The van der Waals surface area contributed by atoms with Crippen LogP contribution in [0.2, 0.25) is 0 Å². The van der Waals surface area contributed by atoms with E-state index >= 15 is 0 Å². The summed E-state index contributed by atoms with van der Waals surface area (Å²) < 4.78 is 0. The molecule has 8 nitrogen and oxygen atoms in total. The topological polar surface area (TPSA) is 133 Å². The van der Waals surface area contributed by atoms with Crippen LogP contribution >= 0.6 is 0 Å². The van der Waals surface area contributed by atoms with Crippen LogP contribution in [0.3, 0.4) is 0 Å². The molecular formula is C9H17N3O5. The molecule has 0 saturated heterocycles. The summed E-state index contributed by atoms with van der Waals surface area (Å²) in [5, 5.41) is 20.0. The Balaban J connectivity index is 4.57. The number of rotatable bonds is 6. The summed E-state index contributed by atoms with van der Waals surface area (Å²) in [4.78, 5) is 34.0. The van der Waals surface area contributed by atoms with Gasteiger partial charge in [-0.05, 0) is 13.8 Å². The first-order valence-corrected chi connectivity index (χ1v) is 5.04. The van der Waals surface area contributed by atoms with Gasteiger partial charge in [0.15, 0.2) is 6.04 Å². The number of carbonyl (C=O) groups excluding carboxylic acids is 2. The second kappa shape index (κ2) is 6.69. The fraction of sp³-hybridized carbons (Fsp3) is 0.667. The number of aliphatic hydroxyl groups excluding tert-OH is 1. The highest BCUT2D eigenvalue weighted by molar-refractivity contribution is 5.86. The standard InChI is InChI=1S/C9H17N3O5/c1-3-12(4-6(10)14)9(17)11-7(5(2)13)8(15)16/h5,7,13H,3-4H2,1-2H3,(H2,10,14)(H,11,17)(H,15,16)/t5-,7+/m1/s1. The molecule has 0 aromatic carbocycles. The van der Waals surface area contributed by atoms with Crippen LogP contribution in [0.15, 0.2) is 0 Å². The number of urea groups is 1. The number of carboxylic acids is 1. The molecule has 0 heterocycles. The van der Waals surface area contributed by atoms with Crippen molar-refractivity contribution >= 4 is 17.9 Å². The molecule has 17 heavy (non-hydrogen) atoms. The first-order valence-electron chi connectivity index (χ1n) is 5.04. The quantitative estimate of drug-likeness (QED) is 0.445. The molecule has 0 aromatic heterocycles. The zero-order valence-electron chi connectivity index (χ0n) is 9.71. The minimum absolute atomic E-state index is 0.195. The van der Waals surface area contributed by atoms with Crippen LogP contribution in [-0.4, -0.2) is 58.3 Å². The van der Waals surface area contributed by atoms with Crippen LogP contribution in [0, 0.1) is 0 Å². The molecule has 2 atom stereocenters. The Labute approximate surface area is 98.4 Å². The average molecular weight is 247 g/mol. The maximum Gasteiger partial charge on any atom is 0.328 e. The molecule has 0 saturated carbocycles. The van der Waals surface area contributed by atoms with Gasteiger partial charge in [-0.25, -0.2) is 9.59 Å². The fourth-order valence-electron chi connectivity index (χ4n) is 1.13. The summed E-state index contributed by atoms with van der Waals surface area (Å²) in [6.07, 6.45) is -1.25. The second-order valence-electron chi connectivity index (χ2n) is 3.49. The molecule has 0 aromatic rings. The van der Waals surface area contributed by atoms with Crippen LogP contribution in [0.5, 0.6) is 0 Å². The molecule has 5 N–H and O–H groups in total. The lowest BCUT2D eigenvalue weighted by Gasteiger charge is -2.23. The molecular weight excluding hydrogens is 230 g/mol. The molecule has 0 rings (SSSR count). The summed E-state index contributed by atoms with van der Waals surface area (Å²) in [7, 11) is 0. The van der Waals surface area contributed by atoms with Gasteiger partial charge < -0.3 is 26.2 Å². The molecule has 0 aliphatic carbocycles. The minimum Gasteiger partial charge on any atom is -0.480 e. The average Bonchev–Trinajstić information content (AvgIpc) is 2.20. The minimum atomic E-state index is -1.43. The number of nitrogens with one attached hydrogen (secondary N) is 1. The monoisotopic (exact) mass is 247 g/mol. The van der Waals surface area contributed by atoms with Gasteiger partial charge in [-0.3, -0.25) is 4.79 Å². The van der Waals surface area contributed by atoms with E-state index in [0.717, 1.165) is 4.90 Å². The number of amides is 3. The van der Waals surface area contributed by atoms with E-state index in [1.54, 1.807) is 6.92 Å². The molecule has 8 heteroatoms. The van der Waals surface area contributed by atoms with Crippen LogP contribution < -0.4 is 11.1 Å². The van der Waals surface area contributed by atoms with E-state index in [1.807, 2.05) is 0 Å². The molecule has 98 valence electrons. The fourth-order valence-corrected chi connectivity index (χ4v) is 1.13. The van der Waals surface area contributed by atoms with Crippen molar-refractivity contribution in [2.24, 2.45) is 5.73 Å². The zero-order chi connectivity index (χ0) is 13.6. The second-order valence-corrected chi connectivity index (χ2v) is 3.49. The van der Waals surface area contributed by atoms with Crippen LogP contribution in [0.4, 0.5) is 4.79 Å². The number of likely N-dealkylation sites (N-methyl/N-ethyl adjacent to an activating group) is 1. The molecule has 0 fully saturated rings. The summed E-state index contributed by atoms with van der Waals surface area (Å²) >= 11 is 0. The first kappa shape index (κ1) is 15.2. The van der Waals surface area contributed by atoms with E-state index in [2.05, 4.69) is 5.32 Å². The number of nitrogens with zero attached hydrogens (tertiary/aromatic N) is 1. The van der Waals surface area contributed by atoms with E-state index in [0.29, 0.717) is 0 Å². The Morgan fingerprint density at radius 2 is 1.94 bits per heavy atom. The lowest BCUT2D eigenvalue weighted by Crippen LogP contribution is -2.53. The maximum atomic E-state index is 11.6. The lowest BCUT2D eigenvalue weighted by atomic mass is 10.2. The smallest absolute Gasteiger partial charge is 0.328 e. The van der Waals surface area contributed by atoms with E-state index in [9.17, 15) is 14.4 Å².